The van der Waals surface area contributed by atoms with Crippen molar-refractivity contribution < 1.29 is 14.2 Å². The lowest BCUT2D eigenvalue weighted by Crippen LogP contribution is -2.03. The maximum atomic E-state index is 5.29. The number of ether oxygens (including phenoxy) is 3. The van der Waals surface area contributed by atoms with E-state index in [2.05, 4.69) is 42.5 Å². The lowest BCUT2D eigenvalue weighted by Gasteiger charge is -2.34. The second-order valence-corrected chi connectivity index (χ2v) is 6.13. The topological polar surface area (TPSA) is 27.7 Å². The number of hydrogen-bond donors (Lipinski definition) is 0. The molecule has 0 spiro atoms. The molecule has 3 nitrogen and oxygen atoms in total. The molecule has 0 fully saturated rings. The Labute approximate surface area is 161 Å². The van der Waals surface area contributed by atoms with E-state index in [0.29, 0.717) is 0 Å². The SMILES string of the molecule is COc1ccc(CC=C(c2ccc(OC)cc2)[C-]2C=C[C-](OC)C=C2)cc1. The molecule has 0 N–H and O–H groups in total. The van der Waals surface area contributed by atoms with Crippen molar-refractivity contribution in [3.05, 3.63) is 102 Å². The number of hydrogen-bond acceptors (Lipinski definition) is 3. The van der Waals surface area contributed by atoms with E-state index in [1.165, 1.54) is 11.1 Å². The number of benzene rings is 2. The lowest BCUT2D eigenvalue weighted by molar-refractivity contribution is 0.256. The summed E-state index contributed by atoms with van der Waals surface area (Å²) >= 11 is 0. The maximum absolute atomic E-state index is 5.29. The highest BCUT2D eigenvalue weighted by Gasteiger charge is 2.03. The Hall–Kier alpha value is -3.04. The molecule has 0 heterocycles. The van der Waals surface area contributed by atoms with Crippen molar-refractivity contribution in [3.63, 3.8) is 0 Å². The molecule has 0 saturated carbocycles. The third-order valence-corrected chi connectivity index (χ3v) is 4.50. The smallest absolute Gasteiger partial charge is 0.118 e. The van der Waals surface area contributed by atoms with E-state index < -0.39 is 0 Å². The van der Waals surface area contributed by atoms with Crippen LogP contribution in [0.2, 0.25) is 0 Å². The number of allylic oxidation sites excluding steroid dienone is 4. The molecule has 0 amide bonds. The summed E-state index contributed by atoms with van der Waals surface area (Å²) in [4.78, 5) is 0. The molecule has 27 heavy (non-hydrogen) atoms. The summed E-state index contributed by atoms with van der Waals surface area (Å²) in [6.45, 7) is 0. The van der Waals surface area contributed by atoms with Gasteiger partial charge in [-0.15, -0.1) is 17.8 Å². The summed E-state index contributed by atoms with van der Waals surface area (Å²) < 4.78 is 15.8. The van der Waals surface area contributed by atoms with Gasteiger partial charge in [0.2, 0.25) is 0 Å². The Balaban J connectivity index is 1.87. The van der Waals surface area contributed by atoms with Gasteiger partial charge in [0.25, 0.3) is 0 Å². The molecular weight excluding hydrogens is 336 g/mol. The highest BCUT2D eigenvalue weighted by Crippen LogP contribution is 2.33. The van der Waals surface area contributed by atoms with E-state index in [-0.39, 0.29) is 0 Å². The first-order valence-corrected chi connectivity index (χ1v) is 8.85. The first kappa shape index (κ1) is 18.7. The van der Waals surface area contributed by atoms with Crippen LogP contribution in [0.5, 0.6) is 11.5 Å². The average Bonchev–Trinajstić information content (AvgIpc) is 2.75. The molecule has 1 aliphatic rings. The van der Waals surface area contributed by atoms with Gasteiger partial charge in [0, 0.05) is 7.11 Å². The van der Waals surface area contributed by atoms with E-state index in [0.717, 1.165) is 35.5 Å². The van der Waals surface area contributed by atoms with Crippen molar-refractivity contribution in [3.8, 4) is 11.5 Å². The third kappa shape index (κ3) is 4.78. The van der Waals surface area contributed by atoms with Crippen LogP contribution in [-0.2, 0) is 11.2 Å². The van der Waals surface area contributed by atoms with Crippen LogP contribution in [0.25, 0.3) is 5.57 Å². The monoisotopic (exact) mass is 360 g/mol. The molecule has 0 bridgehead atoms. The van der Waals surface area contributed by atoms with Crippen molar-refractivity contribution in [1.29, 1.82) is 0 Å². The molecule has 2 aromatic carbocycles. The molecule has 0 saturated heterocycles. The Morgan fingerprint density at radius 3 is 1.85 bits per heavy atom. The largest absolute Gasteiger partial charge is 0.497 e. The average molecular weight is 360 g/mol. The fourth-order valence-corrected chi connectivity index (χ4v) is 2.93. The maximum Gasteiger partial charge on any atom is 0.118 e. The second kappa shape index (κ2) is 9.06. The standard InChI is InChI=1S/C24H24O3/c1-25-21-11-4-18(5-12-21)6-17-24(19-7-13-22(26-2)14-8-19)20-9-15-23(27-3)16-10-20/h4-5,7-17H,6H2,1-3H3/q-2. The van der Waals surface area contributed by atoms with Crippen LogP contribution >= 0.6 is 0 Å². The van der Waals surface area contributed by atoms with Crippen molar-refractivity contribution in [2.75, 3.05) is 21.3 Å². The van der Waals surface area contributed by atoms with Gasteiger partial charge in [-0.05, 0) is 30.7 Å². The molecule has 0 atom stereocenters. The Morgan fingerprint density at radius 2 is 1.33 bits per heavy atom. The highest BCUT2D eigenvalue weighted by molar-refractivity contribution is 5.82. The molecular formula is C24H24O3-2. The van der Waals surface area contributed by atoms with Crippen molar-refractivity contribution >= 4 is 5.57 Å². The van der Waals surface area contributed by atoms with E-state index >= 15 is 0 Å². The van der Waals surface area contributed by atoms with Gasteiger partial charge in [0.15, 0.2) is 0 Å². The molecule has 0 radical (unpaired) electrons. The van der Waals surface area contributed by atoms with Crippen LogP contribution in [0.3, 0.4) is 0 Å². The van der Waals surface area contributed by atoms with Gasteiger partial charge in [-0.25, -0.2) is 30.2 Å². The van der Waals surface area contributed by atoms with Gasteiger partial charge in [-0.2, -0.15) is 0 Å². The highest BCUT2D eigenvalue weighted by atomic mass is 16.5. The van der Waals surface area contributed by atoms with Crippen molar-refractivity contribution in [2.24, 2.45) is 0 Å². The normalized spacial score (nSPS) is 13.8. The predicted molar refractivity (Wildman–Crippen MR) is 109 cm³/mol. The van der Waals surface area contributed by atoms with Crippen molar-refractivity contribution in [1.82, 2.24) is 0 Å². The summed E-state index contributed by atoms with van der Waals surface area (Å²) in [6, 6.07) is 16.3. The Morgan fingerprint density at radius 1 is 0.778 bits per heavy atom. The van der Waals surface area contributed by atoms with Crippen LogP contribution in [0, 0.1) is 12.0 Å². The van der Waals surface area contributed by atoms with E-state index in [4.69, 9.17) is 14.2 Å². The van der Waals surface area contributed by atoms with Gasteiger partial charge in [-0.1, -0.05) is 35.4 Å². The Kier molecular flexibility index (Phi) is 6.29. The molecule has 2 aromatic rings. The summed E-state index contributed by atoms with van der Waals surface area (Å²) in [5.74, 6) is 2.87. The molecule has 1 aliphatic carbocycles. The van der Waals surface area contributed by atoms with Crippen LogP contribution < -0.4 is 9.47 Å². The quantitative estimate of drug-likeness (QED) is 0.635. The van der Waals surface area contributed by atoms with Crippen LogP contribution in [-0.4, -0.2) is 21.3 Å². The van der Waals surface area contributed by atoms with Gasteiger partial charge < -0.3 is 14.2 Å². The first-order valence-electron chi connectivity index (χ1n) is 8.85. The molecule has 3 heteroatoms. The second-order valence-electron chi connectivity index (χ2n) is 6.13. The lowest BCUT2D eigenvalue weighted by atomic mass is 9.87. The summed E-state index contributed by atoms with van der Waals surface area (Å²) in [7, 11) is 5.04. The molecule has 0 aliphatic heterocycles. The third-order valence-electron chi connectivity index (χ3n) is 4.50. The molecule has 0 aromatic heterocycles. The summed E-state index contributed by atoms with van der Waals surface area (Å²) in [5.41, 5.74) is 3.56. The first-order chi connectivity index (χ1) is 13.2. The van der Waals surface area contributed by atoms with E-state index in [1.54, 1.807) is 21.3 Å². The molecule has 140 valence electrons. The summed E-state index contributed by atoms with van der Waals surface area (Å²) in [5, 5.41) is 0. The van der Waals surface area contributed by atoms with Gasteiger partial charge in [-0.3, -0.25) is 0 Å². The zero-order valence-corrected chi connectivity index (χ0v) is 15.9. The Bertz CT molecular complexity index is 800. The van der Waals surface area contributed by atoms with Crippen LogP contribution in [0.1, 0.15) is 11.1 Å². The van der Waals surface area contributed by atoms with E-state index in [9.17, 15) is 0 Å². The zero-order chi connectivity index (χ0) is 19.1. The minimum Gasteiger partial charge on any atom is -0.497 e. The van der Waals surface area contributed by atoms with Crippen LogP contribution in [0.4, 0.5) is 0 Å². The molecule has 3 rings (SSSR count). The van der Waals surface area contributed by atoms with Crippen LogP contribution in [0.15, 0.2) is 78.9 Å². The van der Waals surface area contributed by atoms with Gasteiger partial charge in [0.05, 0.1) is 14.2 Å². The van der Waals surface area contributed by atoms with Gasteiger partial charge in [0.1, 0.15) is 11.5 Å². The molecule has 0 unspecified atom stereocenters. The number of rotatable bonds is 7. The number of methoxy groups -OCH3 is 3. The van der Waals surface area contributed by atoms with Gasteiger partial charge >= 0.3 is 0 Å². The zero-order valence-electron chi connectivity index (χ0n) is 15.9. The van der Waals surface area contributed by atoms with Crippen molar-refractivity contribution in [2.45, 2.75) is 6.42 Å². The fourth-order valence-electron chi connectivity index (χ4n) is 2.93. The fraction of sp³-hybridized carbons (Fsp3) is 0.167. The predicted octanol–water partition coefficient (Wildman–Crippen LogP) is 5.21. The summed E-state index contributed by atoms with van der Waals surface area (Å²) in [6.07, 6.45) is 12.1. The van der Waals surface area contributed by atoms with E-state index in [1.807, 2.05) is 36.4 Å². The minimum atomic E-state index is 0.831. The minimum absolute atomic E-state index is 0.831.